The highest BCUT2D eigenvalue weighted by molar-refractivity contribution is 9.09. The van der Waals surface area contributed by atoms with Gasteiger partial charge in [-0.2, -0.15) is 0 Å². The molecule has 13 heavy (non-hydrogen) atoms. The summed E-state index contributed by atoms with van der Waals surface area (Å²) < 4.78 is 12.7. The number of halogens is 3. The molecule has 1 aromatic carbocycles. The van der Waals surface area contributed by atoms with Gasteiger partial charge < -0.3 is 5.32 Å². The molecule has 1 aromatic rings. The van der Waals surface area contributed by atoms with Crippen molar-refractivity contribution < 1.29 is 9.18 Å². The summed E-state index contributed by atoms with van der Waals surface area (Å²) in [6.45, 7) is 0. The fourth-order valence-corrected chi connectivity index (χ4v) is 1.08. The zero-order valence-electron chi connectivity index (χ0n) is 6.48. The van der Waals surface area contributed by atoms with Crippen LogP contribution in [-0.4, -0.2) is 11.2 Å². The lowest BCUT2D eigenvalue weighted by Crippen LogP contribution is -2.12. The minimum Gasteiger partial charge on any atom is -0.324 e. The third kappa shape index (κ3) is 2.97. The molecule has 0 aliphatic rings. The lowest BCUT2D eigenvalue weighted by atomic mass is 10.3. The van der Waals surface area contributed by atoms with Crippen LogP contribution >= 0.6 is 27.5 Å². The number of hydrogen-bond donors (Lipinski definition) is 1. The summed E-state index contributed by atoms with van der Waals surface area (Å²) >= 11 is 8.67. The second kappa shape index (κ2) is 4.58. The van der Waals surface area contributed by atoms with Crippen molar-refractivity contribution in [3.05, 3.63) is 29.0 Å². The molecule has 0 aromatic heterocycles. The second-order valence-electron chi connectivity index (χ2n) is 2.31. The molecule has 0 heterocycles. The van der Waals surface area contributed by atoms with Gasteiger partial charge >= 0.3 is 0 Å². The zero-order valence-corrected chi connectivity index (χ0v) is 8.82. The number of rotatable bonds is 2. The van der Waals surface area contributed by atoms with E-state index in [0.717, 1.165) is 0 Å². The molecule has 5 heteroatoms. The summed E-state index contributed by atoms with van der Waals surface area (Å²) in [6.07, 6.45) is 0. The molecule has 0 bridgehead atoms. The van der Waals surface area contributed by atoms with Gasteiger partial charge in [-0.3, -0.25) is 4.79 Å². The summed E-state index contributed by atoms with van der Waals surface area (Å²) in [5.74, 6) is -0.707. The van der Waals surface area contributed by atoms with E-state index in [2.05, 4.69) is 21.2 Å². The van der Waals surface area contributed by atoms with E-state index in [0.29, 0.717) is 5.02 Å². The number of anilines is 1. The number of amides is 1. The Morgan fingerprint density at radius 1 is 1.62 bits per heavy atom. The molecule has 0 aliphatic carbocycles. The number of hydrogen-bond acceptors (Lipinski definition) is 1. The van der Waals surface area contributed by atoms with Crippen molar-refractivity contribution >= 4 is 39.1 Å². The number of nitrogens with one attached hydrogen (secondary N) is 1. The van der Waals surface area contributed by atoms with Crippen LogP contribution in [-0.2, 0) is 4.79 Å². The van der Waals surface area contributed by atoms with Crippen molar-refractivity contribution in [1.29, 1.82) is 0 Å². The van der Waals surface area contributed by atoms with Gasteiger partial charge in [-0.05, 0) is 18.2 Å². The SMILES string of the molecule is O=C(CBr)Nc1cc(F)ccc1Cl. The molecule has 0 saturated carbocycles. The quantitative estimate of drug-likeness (QED) is 0.820. The van der Waals surface area contributed by atoms with E-state index < -0.39 is 5.82 Å². The van der Waals surface area contributed by atoms with Crippen molar-refractivity contribution in [2.45, 2.75) is 0 Å². The predicted octanol–water partition coefficient (Wildman–Crippen LogP) is 2.81. The molecule has 1 amide bonds. The number of benzene rings is 1. The van der Waals surface area contributed by atoms with Gasteiger partial charge in [-0.15, -0.1) is 0 Å². The number of carbonyl (C=O) groups is 1. The molecule has 0 radical (unpaired) electrons. The number of carbonyl (C=O) groups excluding carboxylic acids is 1. The van der Waals surface area contributed by atoms with Gasteiger partial charge in [0.25, 0.3) is 0 Å². The first-order valence-electron chi connectivity index (χ1n) is 3.44. The molecule has 70 valence electrons. The Kier molecular flexibility index (Phi) is 3.69. The topological polar surface area (TPSA) is 29.1 Å². The lowest BCUT2D eigenvalue weighted by Gasteiger charge is -2.04. The molecule has 0 atom stereocenters. The first-order valence-corrected chi connectivity index (χ1v) is 4.94. The maximum absolute atomic E-state index is 12.7. The van der Waals surface area contributed by atoms with E-state index >= 15 is 0 Å². The van der Waals surface area contributed by atoms with Gasteiger partial charge in [0, 0.05) is 0 Å². The van der Waals surface area contributed by atoms with Gasteiger partial charge in [0.15, 0.2) is 0 Å². The zero-order chi connectivity index (χ0) is 9.84. The lowest BCUT2D eigenvalue weighted by molar-refractivity contribution is -0.113. The Labute approximate surface area is 88.2 Å². The van der Waals surface area contributed by atoms with Crippen molar-refractivity contribution in [1.82, 2.24) is 0 Å². The van der Waals surface area contributed by atoms with Crippen LogP contribution in [0.4, 0.5) is 10.1 Å². The Balaban J connectivity index is 2.87. The molecular weight excluding hydrogens is 260 g/mol. The highest BCUT2D eigenvalue weighted by atomic mass is 79.9. The Hall–Kier alpha value is -0.610. The Morgan fingerprint density at radius 2 is 2.31 bits per heavy atom. The monoisotopic (exact) mass is 265 g/mol. The van der Waals surface area contributed by atoms with E-state index in [1.54, 1.807) is 0 Å². The van der Waals surface area contributed by atoms with Crippen molar-refractivity contribution in [3.8, 4) is 0 Å². The minimum atomic E-state index is -0.436. The molecule has 2 nitrogen and oxygen atoms in total. The summed E-state index contributed by atoms with van der Waals surface area (Å²) in [7, 11) is 0. The molecule has 0 fully saturated rings. The first-order chi connectivity index (χ1) is 6.13. The van der Waals surface area contributed by atoms with Crippen LogP contribution in [0.3, 0.4) is 0 Å². The average Bonchev–Trinajstić information content (AvgIpc) is 2.11. The van der Waals surface area contributed by atoms with Crippen LogP contribution < -0.4 is 5.32 Å². The summed E-state index contributed by atoms with van der Waals surface area (Å²) in [4.78, 5) is 10.9. The molecule has 0 spiro atoms. The van der Waals surface area contributed by atoms with Gasteiger partial charge in [0.05, 0.1) is 16.0 Å². The maximum Gasteiger partial charge on any atom is 0.235 e. The van der Waals surface area contributed by atoms with Crippen LogP contribution in [0.2, 0.25) is 5.02 Å². The molecule has 0 saturated heterocycles. The first kappa shape index (κ1) is 10.5. The van der Waals surface area contributed by atoms with E-state index in [1.807, 2.05) is 0 Å². The maximum atomic E-state index is 12.7. The highest BCUT2D eigenvalue weighted by Gasteiger charge is 2.04. The second-order valence-corrected chi connectivity index (χ2v) is 3.27. The molecule has 1 rings (SSSR count). The van der Waals surface area contributed by atoms with Gasteiger partial charge in [0.2, 0.25) is 5.91 Å². The molecular formula is C8H6BrClFNO. The van der Waals surface area contributed by atoms with Crippen LogP contribution in [0.5, 0.6) is 0 Å². The molecule has 0 aliphatic heterocycles. The smallest absolute Gasteiger partial charge is 0.235 e. The predicted molar refractivity (Wildman–Crippen MR) is 53.8 cm³/mol. The van der Waals surface area contributed by atoms with E-state index in [4.69, 9.17) is 11.6 Å². The van der Waals surface area contributed by atoms with Crippen LogP contribution in [0.15, 0.2) is 18.2 Å². The fraction of sp³-hybridized carbons (Fsp3) is 0.125. The van der Waals surface area contributed by atoms with Crippen LogP contribution in [0.25, 0.3) is 0 Å². The normalized spacial score (nSPS) is 9.77. The third-order valence-corrected chi connectivity index (χ3v) is 2.16. The summed E-state index contributed by atoms with van der Waals surface area (Å²) in [6, 6.07) is 3.79. The van der Waals surface area contributed by atoms with E-state index in [9.17, 15) is 9.18 Å². The largest absolute Gasteiger partial charge is 0.324 e. The van der Waals surface area contributed by atoms with Crippen molar-refractivity contribution in [2.24, 2.45) is 0 Å². The van der Waals surface area contributed by atoms with Crippen molar-refractivity contribution in [2.75, 3.05) is 10.6 Å². The van der Waals surface area contributed by atoms with Gasteiger partial charge in [-0.1, -0.05) is 27.5 Å². The fourth-order valence-electron chi connectivity index (χ4n) is 0.777. The summed E-state index contributed by atoms with van der Waals surface area (Å²) in [5, 5.41) is 2.91. The third-order valence-electron chi connectivity index (χ3n) is 1.32. The molecule has 1 N–H and O–H groups in total. The Bertz CT molecular complexity index is 332. The van der Waals surface area contributed by atoms with Gasteiger partial charge in [0.1, 0.15) is 5.82 Å². The minimum absolute atomic E-state index is 0.153. The standard InChI is InChI=1S/C8H6BrClFNO/c9-4-8(13)12-7-3-5(11)1-2-6(7)10/h1-3H,4H2,(H,12,13). The van der Waals surface area contributed by atoms with Crippen LogP contribution in [0, 0.1) is 5.82 Å². The van der Waals surface area contributed by atoms with Crippen LogP contribution in [0.1, 0.15) is 0 Å². The summed E-state index contributed by atoms with van der Waals surface area (Å²) in [5.41, 5.74) is 0.283. The average molecular weight is 266 g/mol. The van der Waals surface area contributed by atoms with Crippen molar-refractivity contribution in [3.63, 3.8) is 0 Å². The Morgan fingerprint density at radius 3 is 2.92 bits per heavy atom. The molecule has 0 unspecified atom stereocenters. The van der Waals surface area contributed by atoms with E-state index in [1.165, 1.54) is 18.2 Å². The highest BCUT2D eigenvalue weighted by Crippen LogP contribution is 2.22. The number of alkyl halides is 1. The van der Waals surface area contributed by atoms with Gasteiger partial charge in [-0.25, -0.2) is 4.39 Å². The van der Waals surface area contributed by atoms with E-state index in [-0.39, 0.29) is 16.9 Å².